The van der Waals surface area contributed by atoms with Gasteiger partial charge in [-0.15, -0.1) is 0 Å². The molecular weight excluding hydrogens is 198 g/mol. The van der Waals surface area contributed by atoms with Crippen LogP contribution in [0.2, 0.25) is 0 Å². The molecule has 0 radical (unpaired) electrons. The third kappa shape index (κ3) is 2.22. The highest BCUT2D eigenvalue weighted by Gasteiger charge is 2.48. The normalized spacial score (nSPS) is 37.1. The second-order valence-electron chi connectivity index (χ2n) is 5.88. The maximum absolute atomic E-state index is 10.5. The van der Waals surface area contributed by atoms with Crippen LogP contribution in [0.15, 0.2) is 4.99 Å². The number of nitrogens with zero attached hydrogens (tertiary/aromatic N) is 1. The van der Waals surface area contributed by atoms with E-state index >= 15 is 0 Å². The van der Waals surface area contributed by atoms with Crippen LogP contribution in [0.5, 0.6) is 0 Å². The summed E-state index contributed by atoms with van der Waals surface area (Å²) in [6, 6.07) is 0. The molecule has 3 rings (SSSR count). The molecule has 90 valence electrons. The second kappa shape index (κ2) is 4.71. The van der Waals surface area contributed by atoms with Crippen LogP contribution < -0.4 is 0 Å². The number of hydrogen-bond acceptors (Lipinski definition) is 2. The quantitative estimate of drug-likeness (QED) is 0.392. The number of fused-ring (bicyclic) bond motifs is 3. The molecule has 0 aromatic rings. The lowest BCUT2D eigenvalue weighted by molar-refractivity contribution is 0.0365. The molecule has 0 heterocycles. The molecule has 0 aromatic carbocycles. The van der Waals surface area contributed by atoms with Crippen molar-refractivity contribution in [1.29, 1.82) is 0 Å². The molecule has 3 aliphatic carbocycles. The Bertz CT molecular complexity index is 267. The van der Waals surface area contributed by atoms with E-state index in [-0.39, 0.29) is 5.54 Å². The van der Waals surface area contributed by atoms with E-state index in [9.17, 15) is 4.79 Å². The summed E-state index contributed by atoms with van der Waals surface area (Å²) >= 11 is 0. The molecule has 0 amide bonds. The zero-order valence-corrected chi connectivity index (χ0v) is 10.4. The minimum Gasteiger partial charge on any atom is -0.211 e. The lowest BCUT2D eigenvalue weighted by Crippen LogP contribution is -2.44. The zero-order chi connectivity index (χ0) is 11.5. The van der Waals surface area contributed by atoms with Crippen molar-refractivity contribution in [2.45, 2.75) is 76.7 Å². The minimum atomic E-state index is 0.00819. The highest BCUT2D eigenvalue weighted by atomic mass is 16.1. The van der Waals surface area contributed by atoms with Gasteiger partial charge in [-0.2, -0.15) is 4.99 Å². The number of aliphatic imine (C=N–C) groups is 1. The maximum Gasteiger partial charge on any atom is 0.235 e. The van der Waals surface area contributed by atoms with Crippen LogP contribution in [0.3, 0.4) is 0 Å². The Labute approximate surface area is 98.5 Å². The molecule has 2 bridgehead atoms. The fourth-order valence-electron chi connectivity index (χ4n) is 3.63. The van der Waals surface area contributed by atoms with Crippen molar-refractivity contribution in [2.24, 2.45) is 10.4 Å². The predicted molar refractivity (Wildman–Crippen MR) is 65.1 cm³/mol. The molecule has 2 nitrogen and oxygen atoms in total. The van der Waals surface area contributed by atoms with Crippen molar-refractivity contribution >= 4 is 6.08 Å². The molecule has 0 atom stereocenters. The van der Waals surface area contributed by atoms with E-state index in [1.165, 1.54) is 44.9 Å². The third-order valence-corrected chi connectivity index (χ3v) is 4.96. The lowest BCUT2D eigenvalue weighted by Gasteiger charge is -2.51. The van der Waals surface area contributed by atoms with E-state index in [4.69, 9.17) is 0 Å². The molecule has 0 unspecified atom stereocenters. The van der Waals surface area contributed by atoms with Crippen molar-refractivity contribution in [3.8, 4) is 0 Å². The minimum absolute atomic E-state index is 0.00819. The SMILES string of the molecule is CCCCCC12CCC(N=C=O)(CC1)CC2. The smallest absolute Gasteiger partial charge is 0.211 e. The molecule has 0 aromatic heterocycles. The number of unbranched alkanes of at least 4 members (excludes halogenated alkanes) is 2. The number of carbonyl (C=O) groups excluding carboxylic acids is 1. The Balaban J connectivity index is 1.92. The van der Waals surface area contributed by atoms with E-state index < -0.39 is 0 Å². The van der Waals surface area contributed by atoms with E-state index in [2.05, 4.69) is 11.9 Å². The van der Waals surface area contributed by atoms with Gasteiger partial charge in [-0.25, -0.2) is 4.79 Å². The average Bonchev–Trinajstić information content (AvgIpc) is 2.32. The molecule has 16 heavy (non-hydrogen) atoms. The van der Waals surface area contributed by atoms with Crippen LogP contribution in [0.25, 0.3) is 0 Å². The van der Waals surface area contributed by atoms with Crippen LogP contribution in [0.1, 0.15) is 71.1 Å². The van der Waals surface area contributed by atoms with Gasteiger partial charge < -0.3 is 0 Å². The first kappa shape index (κ1) is 11.9. The molecule has 2 heteroatoms. The molecule has 0 aliphatic heterocycles. The third-order valence-electron chi connectivity index (χ3n) is 4.96. The summed E-state index contributed by atoms with van der Waals surface area (Å²) in [5, 5.41) is 0. The first-order chi connectivity index (χ1) is 7.74. The van der Waals surface area contributed by atoms with Crippen LogP contribution >= 0.6 is 0 Å². The zero-order valence-electron chi connectivity index (χ0n) is 10.4. The van der Waals surface area contributed by atoms with Crippen molar-refractivity contribution < 1.29 is 4.79 Å². The van der Waals surface area contributed by atoms with Gasteiger partial charge in [-0.05, 0) is 50.4 Å². The summed E-state index contributed by atoms with van der Waals surface area (Å²) in [6.45, 7) is 2.27. The van der Waals surface area contributed by atoms with Crippen molar-refractivity contribution in [2.75, 3.05) is 0 Å². The topological polar surface area (TPSA) is 29.4 Å². The standard InChI is InChI=1S/C14H23NO/c1-2-3-4-5-13-6-9-14(10-7-13,11-8-13)15-12-16/h2-11H2,1H3. The summed E-state index contributed by atoms with van der Waals surface area (Å²) in [5.74, 6) is 0. The van der Waals surface area contributed by atoms with Gasteiger partial charge in [0.15, 0.2) is 0 Å². The Kier molecular flexibility index (Phi) is 3.49. The summed E-state index contributed by atoms with van der Waals surface area (Å²) in [6.07, 6.45) is 14.6. The Morgan fingerprint density at radius 3 is 2.19 bits per heavy atom. The van der Waals surface area contributed by atoms with Crippen molar-refractivity contribution in [3.05, 3.63) is 0 Å². The summed E-state index contributed by atoms with van der Waals surface area (Å²) < 4.78 is 0. The van der Waals surface area contributed by atoms with Gasteiger partial charge in [0.05, 0.1) is 5.54 Å². The average molecular weight is 221 g/mol. The Morgan fingerprint density at radius 1 is 1.06 bits per heavy atom. The predicted octanol–water partition coefficient (Wildman–Crippen LogP) is 4.00. The van der Waals surface area contributed by atoms with Crippen LogP contribution in [-0.2, 0) is 4.79 Å². The van der Waals surface area contributed by atoms with Crippen LogP contribution in [0.4, 0.5) is 0 Å². The van der Waals surface area contributed by atoms with Crippen molar-refractivity contribution in [3.63, 3.8) is 0 Å². The maximum atomic E-state index is 10.5. The lowest BCUT2D eigenvalue weighted by atomic mass is 9.56. The first-order valence-electron chi connectivity index (χ1n) is 6.83. The fourth-order valence-corrected chi connectivity index (χ4v) is 3.63. The molecule has 0 spiro atoms. The molecule has 0 saturated heterocycles. The van der Waals surface area contributed by atoms with E-state index in [0.717, 1.165) is 19.3 Å². The highest BCUT2D eigenvalue weighted by Crippen LogP contribution is 2.56. The first-order valence-corrected chi connectivity index (χ1v) is 6.83. The molecule has 3 fully saturated rings. The second-order valence-corrected chi connectivity index (χ2v) is 5.88. The van der Waals surface area contributed by atoms with Gasteiger partial charge in [-0.3, -0.25) is 0 Å². The number of hydrogen-bond donors (Lipinski definition) is 0. The van der Waals surface area contributed by atoms with E-state index in [0.29, 0.717) is 5.41 Å². The fraction of sp³-hybridized carbons (Fsp3) is 0.929. The Morgan fingerprint density at radius 2 is 1.69 bits per heavy atom. The molecule has 3 aliphatic rings. The van der Waals surface area contributed by atoms with Gasteiger partial charge >= 0.3 is 0 Å². The largest absolute Gasteiger partial charge is 0.235 e. The van der Waals surface area contributed by atoms with Crippen LogP contribution in [0, 0.1) is 5.41 Å². The number of isocyanates is 1. The van der Waals surface area contributed by atoms with Gasteiger partial charge in [0, 0.05) is 0 Å². The molecular formula is C14H23NO. The highest BCUT2D eigenvalue weighted by molar-refractivity contribution is 5.35. The van der Waals surface area contributed by atoms with E-state index in [1.807, 2.05) is 0 Å². The Hall–Kier alpha value is -0.620. The number of rotatable bonds is 5. The summed E-state index contributed by atoms with van der Waals surface area (Å²) in [5.41, 5.74) is 0.629. The van der Waals surface area contributed by atoms with Gasteiger partial charge in [-0.1, -0.05) is 26.2 Å². The van der Waals surface area contributed by atoms with E-state index in [1.54, 1.807) is 6.08 Å². The van der Waals surface area contributed by atoms with Gasteiger partial charge in [0.25, 0.3) is 0 Å². The molecule has 0 N–H and O–H groups in total. The van der Waals surface area contributed by atoms with Gasteiger partial charge in [0.1, 0.15) is 0 Å². The van der Waals surface area contributed by atoms with Crippen LogP contribution in [-0.4, -0.2) is 11.6 Å². The monoisotopic (exact) mass is 221 g/mol. The summed E-state index contributed by atoms with van der Waals surface area (Å²) in [7, 11) is 0. The molecule has 3 saturated carbocycles. The van der Waals surface area contributed by atoms with Crippen molar-refractivity contribution in [1.82, 2.24) is 0 Å². The summed E-state index contributed by atoms with van der Waals surface area (Å²) in [4.78, 5) is 14.5. The van der Waals surface area contributed by atoms with Gasteiger partial charge in [0.2, 0.25) is 6.08 Å².